The number of fused-ring (bicyclic) bond motifs is 4. The zero-order valence-corrected chi connectivity index (χ0v) is 48.8. The van der Waals surface area contributed by atoms with Gasteiger partial charge in [-0.3, -0.25) is 19.2 Å². The van der Waals surface area contributed by atoms with E-state index in [1.807, 2.05) is 80.5 Å². The van der Waals surface area contributed by atoms with E-state index in [1.54, 1.807) is 58.0 Å². The van der Waals surface area contributed by atoms with Gasteiger partial charge in [0.05, 0.1) is 22.7 Å². The normalized spacial score (nSPS) is 14.5. The van der Waals surface area contributed by atoms with Crippen molar-refractivity contribution in [1.82, 2.24) is 0 Å². The van der Waals surface area contributed by atoms with Gasteiger partial charge in [0.25, 0.3) is 0 Å². The number of hydrogen-bond donors (Lipinski definition) is 2. The summed E-state index contributed by atoms with van der Waals surface area (Å²) in [5.41, 5.74) is 4.11. The maximum absolute atomic E-state index is 12.0. The molecular weight excluding hydrogens is 1030 g/mol. The van der Waals surface area contributed by atoms with Crippen molar-refractivity contribution in [1.29, 1.82) is 0 Å². The van der Waals surface area contributed by atoms with Crippen LogP contribution < -0.4 is 14.6 Å². The van der Waals surface area contributed by atoms with Crippen LogP contribution >= 0.6 is 0 Å². The number of esters is 3. The molecule has 2 N–H and O–H groups in total. The second-order valence-electron chi connectivity index (χ2n) is 21.8. The van der Waals surface area contributed by atoms with E-state index in [9.17, 15) is 34.2 Å². The summed E-state index contributed by atoms with van der Waals surface area (Å²) in [6.45, 7) is 28.3. The topological polar surface area (TPSA) is 195 Å². The van der Waals surface area contributed by atoms with Crippen LogP contribution in [0.3, 0.4) is 0 Å². The van der Waals surface area contributed by atoms with E-state index in [0.717, 1.165) is 29.4 Å². The minimum Gasteiger partial charge on any atom is -0.550 e. The van der Waals surface area contributed by atoms with Crippen LogP contribution in [0.5, 0.6) is 17.2 Å². The first-order valence-electron chi connectivity index (χ1n) is 26.4. The van der Waals surface area contributed by atoms with Gasteiger partial charge in [0.1, 0.15) is 36.1 Å². The Labute approximate surface area is 467 Å². The molecule has 0 saturated carbocycles. The average Bonchev–Trinajstić information content (AvgIpc) is 3.96. The Morgan fingerprint density at radius 2 is 1.13 bits per heavy atom. The average molecular weight is 1110 g/mol. The van der Waals surface area contributed by atoms with Crippen LogP contribution in [0.2, 0.25) is 0 Å². The summed E-state index contributed by atoms with van der Waals surface area (Å²) in [4.78, 5) is 54.7. The number of aliphatic carboxylic acids is 2. The number of carboxylic acid groups (broad SMARTS) is 2. The van der Waals surface area contributed by atoms with Crippen molar-refractivity contribution in [2.24, 2.45) is 21.7 Å². The molecule has 0 spiro atoms. The Hall–Kier alpha value is -6.21. The standard InChI is InChI=1S/C25H26O2.C16H18O3.C10H16O4.2C6H12O2.Cu/c1-4-17(2)19-13-15-20(16-14-19)26-18(3)27-25-23-11-7-5-9-21(23)22-10-6-8-12-24(22)25;1-4-16(2,3)15(18)19-14-8-6-11-9-13(17)7-5-12(11)10-14;1-4-10(2,3)9(12)14-7-5-8(11)13-6-7;2*1-4-6(2,3)5(7)8;/h5-18,25H,4H2,1-3H3;5-10,17H,4H2,1-3H3;7H,4-6H2,1-3H3;2*4H2,1-3H3,(H,7,8);/q;;;;;+2/p-1. The number of carbonyl (C=O) groups excluding carboxylic acids is 4. The third-order valence-corrected chi connectivity index (χ3v) is 14.3. The molecule has 1 fully saturated rings. The fraction of sp³-hybridized carbons (Fsp3) is 0.476. The third kappa shape index (κ3) is 20.0. The van der Waals surface area contributed by atoms with Crippen LogP contribution in [0.25, 0.3) is 21.9 Å². The summed E-state index contributed by atoms with van der Waals surface area (Å²) in [7, 11) is 0. The van der Waals surface area contributed by atoms with E-state index in [0.29, 0.717) is 30.9 Å². The van der Waals surface area contributed by atoms with Crippen LogP contribution in [-0.2, 0) is 55.3 Å². The molecule has 5 aromatic carbocycles. The van der Waals surface area contributed by atoms with Gasteiger partial charge >= 0.3 is 40.9 Å². The fourth-order valence-electron chi connectivity index (χ4n) is 6.76. The number of carboxylic acids is 2. The largest absolute Gasteiger partial charge is 2.00 e. The number of aromatic hydroxyl groups is 1. The molecule has 1 aliphatic heterocycles. The maximum atomic E-state index is 12.0. The van der Waals surface area contributed by atoms with Gasteiger partial charge in [-0.25, -0.2) is 0 Å². The van der Waals surface area contributed by atoms with Crippen LogP contribution in [0.4, 0.5) is 0 Å². The summed E-state index contributed by atoms with van der Waals surface area (Å²) < 4.78 is 27.7. The number of ether oxygens (including phenoxy) is 5. The van der Waals surface area contributed by atoms with Crippen molar-refractivity contribution in [3.63, 3.8) is 0 Å². The van der Waals surface area contributed by atoms with E-state index in [4.69, 9.17) is 28.8 Å². The molecule has 3 unspecified atom stereocenters. The minimum absolute atomic E-state index is 0. The van der Waals surface area contributed by atoms with Gasteiger partial charge in [-0.1, -0.05) is 128 Å². The molecule has 0 aromatic heterocycles. The molecule has 14 heteroatoms. The Balaban J connectivity index is 0.000000356. The van der Waals surface area contributed by atoms with E-state index < -0.39 is 33.6 Å². The first-order valence-corrected chi connectivity index (χ1v) is 26.4. The predicted molar refractivity (Wildman–Crippen MR) is 296 cm³/mol. The number of benzene rings is 5. The van der Waals surface area contributed by atoms with Gasteiger partial charge in [-0.15, -0.1) is 0 Å². The first kappa shape index (κ1) is 66.9. The Morgan fingerprint density at radius 3 is 1.57 bits per heavy atom. The smallest absolute Gasteiger partial charge is 0.550 e. The van der Waals surface area contributed by atoms with E-state index in [-0.39, 0.29) is 72.3 Å². The third-order valence-electron chi connectivity index (χ3n) is 14.3. The molecule has 0 bridgehead atoms. The molecule has 5 aromatic rings. The van der Waals surface area contributed by atoms with Gasteiger partial charge in [0.15, 0.2) is 6.29 Å². The first-order chi connectivity index (χ1) is 35.6. The van der Waals surface area contributed by atoms with Crippen LogP contribution in [-0.4, -0.2) is 59.1 Å². The van der Waals surface area contributed by atoms with E-state index in [2.05, 4.69) is 74.5 Å². The number of carbonyl (C=O) groups is 5. The molecule has 423 valence electrons. The van der Waals surface area contributed by atoms with Crippen molar-refractivity contribution >= 4 is 40.6 Å². The second kappa shape index (κ2) is 30.1. The quantitative estimate of drug-likeness (QED) is 0.0410. The summed E-state index contributed by atoms with van der Waals surface area (Å²) in [5, 5.41) is 29.8. The Kier molecular flexibility index (Phi) is 26.1. The molecule has 0 amide bonds. The van der Waals surface area contributed by atoms with E-state index >= 15 is 0 Å². The van der Waals surface area contributed by atoms with Crippen molar-refractivity contribution in [3.8, 4) is 28.4 Å². The fourth-order valence-corrected chi connectivity index (χ4v) is 6.76. The number of phenolic OH excluding ortho intramolecular Hbond substituents is 1. The summed E-state index contributed by atoms with van der Waals surface area (Å²) in [6.07, 6.45) is 3.25. The second-order valence-corrected chi connectivity index (χ2v) is 21.8. The van der Waals surface area contributed by atoms with Crippen molar-refractivity contribution in [2.45, 2.75) is 167 Å². The number of rotatable bonds is 16. The zero-order chi connectivity index (χ0) is 57.2. The summed E-state index contributed by atoms with van der Waals surface area (Å²) in [5.74, 6) is -0.309. The van der Waals surface area contributed by atoms with Crippen LogP contribution in [0, 0.1) is 21.7 Å². The summed E-state index contributed by atoms with van der Waals surface area (Å²) >= 11 is 0. The van der Waals surface area contributed by atoms with Crippen molar-refractivity contribution < 1.29 is 80.0 Å². The van der Waals surface area contributed by atoms with Gasteiger partial charge in [-0.05, 0) is 161 Å². The van der Waals surface area contributed by atoms with Crippen LogP contribution in [0.15, 0.2) is 109 Å². The molecule has 3 atom stereocenters. The van der Waals surface area contributed by atoms with E-state index in [1.165, 1.54) is 27.8 Å². The maximum Gasteiger partial charge on any atom is 2.00 e. The van der Waals surface area contributed by atoms with Crippen LogP contribution in [0.1, 0.15) is 171 Å². The van der Waals surface area contributed by atoms with Crippen molar-refractivity contribution in [3.05, 3.63) is 126 Å². The number of phenols is 1. The number of cyclic esters (lactones) is 1. The van der Waals surface area contributed by atoms with Gasteiger partial charge in [0, 0.05) is 11.4 Å². The molecule has 13 nitrogen and oxygen atoms in total. The molecular formula is C63H83CuO13+. The molecule has 1 heterocycles. The Morgan fingerprint density at radius 1 is 0.649 bits per heavy atom. The van der Waals surface area contributed by atoms with Gasteiger partial charge in [-0.2, -0.15) is 0 Å². The molecule has 7 rings (SSSR count). The SMILES string of the molecule is CCC(C)(C)C(=O)O.CCC(C)(C)C(=O)OC1COC(=O)C1.CCC(C)(C)C(=O)Oc1ccc2cc(O)ccc2c1.CCC(C)(C)C(=O)[O-].CCC(C)c1ccc(OC(C)OC2c3ccccc3-c3ccccc32)cc1.[Cu+2]. The molecule has 77 heavy (non-hydrogen) atoms. The molecule has 1 aliphatic carbocycles. The molecule has 1 saturated heterocycles. The molecule has 2 aliphatic rings. The van der Waals surface area contributed by atoms with Gasteiger partial charge in [0.2, 0.25) is 0 Å². The predicted octanol–water partition coefficient (Wildman–Crippen LogP) is 13.6. The van der Waals surface area contributed by atoms with Gasteiger partial charge < -0.3 is 43.8 Å². The Bertz CT molecular complexity index is 2630. The zero-order valence-electron chi connectivity index (χ0n) is 47.8. The van der Waals surface area contributed by atoms with Crippen molar-refractivity contribution in [2.75, 3.05) is 6.61 Å². The monoisotopic (exact) mass is 1110 g/mol. The molecule has 1 radical (unpaired) electrons. The number of hydrogen-bond acceptors (Lipinski definition) is 12. The minimum atomic E-state index is -0.972. The summed E-state index contributed by atoms with van der Waals surface area (Å²) in [6, 6.07) is 35.8.